The van der Waals surface area contributed by atoms with Gasteiger partial charge < -0.3 is 15.4 Å². The lowest BCUT2D eigenvalue weighted by molar-refractivity contribution is 0.226. The molecule has 0 radical (unpaired) electrons. The lowest BCUT2D eigenvalue weighted by Gasteiger charge is -2.34. The number of nitrogens with one attached hydrogen (secondary N) is 2. The highest BCUT2D eigenvalue weighted by molar-refractivity contribution is 7.91. The number of hydrogen-bond donors (Lipinski definition) is 2. The van der Waals surface area contributed by atoms with E-state index >= 15 is 0 Å². The molecule has 29 heavy (non-hydrogen) atoms. The Morgan fingerprint density at radius 3 is 2.66 bits per heavy atom. The third kappa shape index (κ3) is 6.19. The van der Waals surface area contributed by atoms with Crippen LogP contribution >= 0.6 is 11.3 Å². The maximum atomic E-state index is 12.9. The number of sulfonamides is 1. The van der Waals surface area contributed by atoms with Gasteiger partial charge in [0.25, 0.3) is 10.0 Å². The molecule has 0 aliphatic carbocycles. The molecule has 1 atom stereocenters. The average molecular weight is 438 g/mol. The number of urea groups is 1. The fourth-order valence-corrected chi connectivity index (χ4v) is 6.21. The SMILES string of the molecule is O=C(NCCOc1ccccc1)NCC[C@@H]1CCCCN1S(=O)(=O)c1cccs1. The summed E-state index contributed by atoms with van der Waals surface area (Å²) in [6.45, 7) is 1.73. The van der Waals surface area contributed by atoms with E-state index in [4.69, 9.17) is 4.74 Å². The first-order chi connectivity index (χ1) is 14.1. The van der Waals surface area contributed by atoms with Crippen molar-refractivity contribution in [1.82, 2.24) is 14.9 Å². The number of nitrogens with zero attached hydrogens (tertiary/aromatic N) is 1. The standard InChI is InChI=1S/C20H27N3O4S2/c24-20(22-13-15-27-18-8-2-1-3-9-18)21-12-11-17-7-4-5-14-23(17)29(25,26)19-10-6-16-28-19/h1-3,6,8-10,16-17H,4-5,7,11-15H2,(H2,21,22,24)/t17-/m0/s1. The van der Waals surface area contributed by atoms with Crippen LogP contribution in [-0.4, -0.2) is 51.0 Å². The fraction of sp³-hybridized carbons (Fsp3) is 0.450. The van der Waals surface area contributed by atoms with E-state index in [-0.39, 0.29) is 12.1 Å². The molecule has 2 heterocycles. The van der Waals surface area contributed by atoms with E-state index in [2.05, 4.69) is 10.6 Å². The van der Waals surface area contributed by atoms with Crippen LogP contribution in [0, 0.1) is 0 Å². The van der Waals surface area contributed by atoms with Crippen LogP contribution in [0.5, 0.6) is 5.75 Å². The Hall–Kier alpha value is -2.10. The summed E-state index contributed by atoms with van der Waals surface area (Å²) in [5.41, 5.74) is 0. The van der Waals surface area contributed by atoms with Crippen molar-refractivity contribution in [2.45, 2.75) is 35.9 Å². The second-order valence-electron chi connectivity index (χ2n) is 6.83. The molecule has 1 fully saturated rings. The molecule has 1 aliphatic rings. The molecule has 9 heteroatoms. The molecule has 0 unspecified atom stereocenters. The summed E-state index contributed by atoms with van der Waals surface area (Å²) in [5.74, 6) is 0.763. The summed E-state index contributed by atoms with van der Waals surface area (Å²) in [5, 5.41) is 7.34. The lowest BCUT2D eigenvalue weighted by Crippen LogP contribution is -2.46. The predicted molar refractivity (Wildman–Crippen MR) is 114 cm³/mol. The summed E-state index contributed by atoms with van der Waals surface area (Å²) in [7, 11) is -3.46. The molecule has 2 N–H and O–H groups in total. The zero-order valence-corrected chi connectivity index (χ0v) is 17.9. The van der Waals surface area contributed by atoms with Gasteiger partial charge in [-0.25, -0.2) is 13.2 Å². The van der Waals surface area contributed by atoms with Gasteiger partial charge in [-0.1, -0.05) is 30.7 Å². The molecule has 158 valence electrons. The van der Waals surface area contributed by atoms with Crippen molar-refractivity contribution in [3.05, 3.63) is 47.8 Å². The monoisotopic (exact) mass is 437 g/mol. The molecular weight excluding hydrogens is 410 g/mol. The topological polar surface area (TPSA) is 87.7 Å². The highest BCUT2D eigenvalue weighted by atomic mass is 32.2. The van der Waals surface area contributed by atoms with Crippen LogP contribution in [0.1, 0.15) is 25.7 Å². The second kappa shape index (κ2) is 10.6. The van der Waals surface area contributed by atoms with E-state index in [0.29, 0.717) is 36.9 Å². The minimum absolute atomic E-state index is 0.0856. The quantitative estimate of drug-likeness (QED) is 0.590. The Bertz CT molecular complexity index is 857. The molecular formula is C20H27N3O4S2. The highest BCUT2D eigenvalue weighted by Crippen LogP contribution is 2.28. The van der Waals surface area contributed by atoms with Gasteiger partial charge in [-0.3, -0.25) is 0 Å². The molecule has 7 nitrogen and oxygen atoms in total. The molecule has 2 amide bonds. The molecule has 1 aromatic carbocycles. The molecule has 3 rings (SSSR count). The van der Waals surface area contributed by atoms with Gasteiger partial charge in [0.1, 0.15) is 16.6 Å². The van der Waals surface area contributed by atoms with E-state index in [9.17, 15) is 13.2 Å². The van der Waals surface area contributed by atoms with Gasteiger partial charge in [0.05, 0.1) is 6.54 Å². The van der Waals surface area contributed by atoms with Crippen LogP contribution in [0.4, 0.5) is 4.79 Å². The highest BCUT2D eigenvalue weighted by Gasteiger charge is 2.33. The third-order valence-corrected chi connectivity index (χ3v) is 8.12. The number of amides is 2. The number of piperidine rings is 1. The van der Waals surface area contributed by atoms with Crippen LogP contribution in [-0.2, 0) is 10.0 Å². The van der Waals surface area contributed by atoms with E-state index in [1.807, 2.05) is 30.3 Å². The van der Waals surface area contributed by atoms with E-state index in [0.717, 1.165) is 25.0 Å². The number of hydrogen-bond acceptors (Lipinski definition) is 5. The molecule has 0 bridgehead atoms. The Kier molecular flexibility index (Phi) is 7.91. The van der Waals surface area contributed by atoms with Crippen LogP contribution in [0.3, 0.4) is 0 Å². The van der Waals surface area contributed by atoms with E-state index in [1.54, 1.807) is 21.8 Å². The lowest BCUT2D eigenvalue weighted by atomic mass is 10.0. The van der Waals surface area contributed by atoms with Crippen molar-refractivity contribution >= 4 is 27.4 Å². The predicted octanol–water partition coefficient (Wildman–Crippen LogP) is 3.06. The number of benzene rings is 1. The van der Waals surface area contributed by atoms with Crippen molar-refractivity contribution in [3.63, 3.8) is 0 Å². The minimum atomic E-state index is -3.46. The smallest absolute Gasteiger partial charge is 0.314 e. The maximum absolute atomic E-state index is 12.9. The van der Waals surface area contributed by atoms with Crippen molar-refractivity contribution in [2.75, 3.05) is 26.2 Å². The number of carbonyl (C=O) groups excluding carboxylic acids is 1. The van der Waals surface area contributed by atoms with Gasteiger partial charge in [-0.15, -0.1) is 11.3 Å². The molecule has 1 aliphatic heterocycles. The summed E-state index contributed by atoms with van der Waals surface area (Å²) in [6, 6.07) is 12.5. The third-order valence-electron chi connectivity index (χ3n) is 4.79. The van der Waals surface area contributed by atoms with Crippen molar-refractivity contribution in [3.8, 4) is 5.75 Å². The van der Waals surface area contributed by atoms with Gasteiger partial charge in [0, 0.05) is 19.1 Å². The molecule has 2 aromatic rings. The molecule has 1 aromatic heterocycles. The van der Waals surface area contributed by atoms with Crippen molar-refractivity contribution < 1.29 is 17.9 Å². The van der Waals surface area contributed by atoms with Gasteiger partial charge in [-0.2, -0.15) is 4.31 Å². The Labute approximate surface area is 176 Å². The summed E-state index contributed by atoms with van der Waals surface area (Å²) in [4.78, 5) is 12.0. The first-order valence-electron chi connectivity index (χ1n) is 9.82. The molecule has 0 spiro atoms. The Balaban J connectivity index is 1.39. The van der Waals surface area contributed by atoms with Gasteiger partial charge >= 0.3 is 6.03 Å². The zero-order chi connectivity index (χ0) is 20.5. The van der Waals surface area contributed by atoms with E-state index in [1.165, 1.54) is 11.3 Å². The number of para-hydroxylation sites is 1. The van der Waals surface area contributed by atoms with Crippen molar-refractivity contribution in [2.24, 2.45) is 0 Å². The number of ether oxygens (including phenoxy) is 1. The normalized spacial score (nSPS) is 17.6. The summed E-state index contributed by atoms with van der Waals surface area (Å²) >= 11 is 1.24. The van der Waals surface area contributed by atoms with Crippen LogP contribution < -0.4 is 15.4 Å². The van der Waals surface area contributed by atoms with Gasteiger partial charge in [-0.05, 0) is 42.8 Å². The molecule has 0 saturated carbocycles. The fourth-order valence-electron chi connectivity index (χ4n) is 3.37. The number of thiophene rings is 1. The van der Waals surface area contributed by atoms with Crippen LogP contribution in [0.15, 0.2) is 52.1 Å². The Morgan fingerprint density at radius 2 is 1.90 bits per heavy atom. The summed E-state index contributed by atoms with van der Waals surface area (Å²) in [6.07, 6.45) is 3.29. The van der Waals surface area contributed by atoms with Gasteiger partial charge in [0.2, 0.25) is 0 Å². The van der Waals surface area contributed by atoms with Gasteiger partial charge in [0.15, 0.2) is 0 Å². The first-order valence-corrected chi connectivity index (χ1v) is 12.1. The maximum Gasteiger partial charge on any atom is 0.314 e. The summed E-state index contributed by atoms with van der Waals surface area (Å²) < 4.78 is 33.3. The number of carbonyl (C=O) groups is 1. The van der Waals surface area contributed by atoms with Crippen LogP contribution in [0.25, 0.3) is 0 Å². The number of rotatable bonds is 9. The van der Waals surface area contributed by atoms with Crippen LogP contribution in [0.2, 0.25) is 0 Å². The largest absolute Gasteiger partial charge is 0.492 e. The molecule has 1 saturated heterocycles. The average Bonchev–Trinajstić information content (AvgIpc) is 3.28. The minimum Gasteiger partial charge on any atom is -0.492 e. The van der Waals surface area contributed by atoms with Crippen molar-refractivity contribution in [1.29, 1.82) is 0 Å². The zero-order valence-electron chi connectivity index (χ0n) is 16.2. The Morgan fingerprint density at radius 1 is 1.10 bits per heavy atom. The second-order valence-corrected chi connectivity index (χ2v) is 9.90. The van der Waals surface area contributed by atoms with E-state index < -0.39 is 10.0 Å². The first kappa shape index (κ1) is 21.6.